The van der Waals surface area contributed by atoms with Crippen molar-refractivity contribution in [1.82, 2.24) is 15.1 Å². The molecule has 2 heterocycles. The van der Waals surface area contributed by atoms with E-state index in [2.05, 4.69) is 15.7 Å². The quantitative estimate of drug-likeness (QED) is 0.594. The number of carbonyl (C=O) groups is 3. The Morgan fingerprint density at radius 2 is 1.94 bits per heavy atom. The summed E-state index contributed by atoms with van der Waals surface area (Å²) in [6.45, 7) is 1.93. The van der Waals surface area contributed by atoms with Gasteiger partial charge in [-0.25, -0.2) is 4.68 Å². The van der Waals surface area contributed by atoms with Gasteiger partial charge in [0, 0.05) is 18.3 Å². The third-order valence-corrected chi connectivity index (χ3v) is 6.03. The predicted octanol–water partition coefficient (Wildman–Crippen LogP) is 3.86. The molecular weight excluding hydrogens is 416 g/mol. The maximum absolute atomic E-state index is 12.6. The molecule has 0 saturated carbocycles. The van der Waals surface area contributed by atoms with Crippen molar-refractivity contribution in [3.8, 4) is 5.69 Å². The fourth-order valence-corrected chi connectivity index (χ4v) is 4.07. The Morgan fingerprint density at radius 1 is 1.19 bits per heavy atom. The third-order valence-electron chi connectivity index (χ3n) is 5.71. The van der Waals surface area contributed by atoms with Crippen molar-refractivity contribution in [3.05, 3.63) is 77.1 Å². The number of amides is 3. The average molecular weight is 437 g/mol. The van der Waals surface area contributed by atoms with Crippen molar-refractivity contribution in [1.29, 1.82) is 0 Å². The van der Waals surface area contributed by atoms with Gasteiger partial charge in [0.15, 0.2) is 0 Å². The zero-order valence-corrected chi connectivity index (χ0v) is 17.6. The maximum atomic E-state index is 12.6. The monoisotopic (exact) mass is 436 g/mol. The van der Waals surface area contributed by atoms with E-state index in [1.165, 1.54) is 6.20 Å². The summed E-state index contributed by atoms with van der Waals surface area (Å²) >= 11 is 6.19. The molecule has 2 N–H and O–H groups in total. The first kappa shape index (κ1) is 20.8. The Balaban J connectivity index is 1.50. The van der Waals surface area contributed by atoms with Crippen LogP contribution in [-0.4, -0.2) is 27.5 Å². The molecule has 7 nitrogen and oxygen atoms in total. The molecule has 158 valence electrons. The number of nitrogens with zero attached hydrogens (tertiary/aromatic N) is 2. The van der Waals surface area contributed by atoms with Crippen LogP contribution in [0.4, 0.5) is 5.69 Å². The molecule has 0 bridgehead atoms. The molecule has 3 aromatic rings. The number of hydrogen-bond acceptors (Lipinski definition) is 4. The van der Waals surface area contributed by atoms with Gasteiger partial charge in [0.1, 0.15) is 0 Å². The van der Waals surface area contributed by atoms with Crippen LogP contribution in [0.25, 0.3) is 5.69 Å². The molecule has 1 aliphatic heterocycles. The zero-order valence-electron chi connectivity index (χ0n) is 16.9. The van der Waals surface area contributed by atoms with Crippen LogP contribution in [-0.2, 0) is 15.0 Å². The van der Waals surface area contributed by atoms with E-state index in [4.69, 9.17) is 11.6 Å². The van der Waals surface area contributed by atoms with Gasteiger partial charge in [-0.15, -0.1) is 0 Å². The molecule has 0 spiro atoms. The topological polar surface area (TPSA) is 93.1 Å². The minimum Gasteiger partial charge on any atom is -0.322 e. The lowest BCUT2D eigenvalue weighted by Crippen LogP contribution is -2.51. The molecule has 0 aliphatic carbocycles. The number of halogens is 1. The van der Waals surface area contributed by atoms with Gasteiger partial charge in [0.05, 0.1) is 27.9 Å². The lowest BCUT2D eigenvalue weighted by atomic mass is 9.72. The summed E-state index contributed by atoms with van der Waals surface area (Å²) in [7, 11) is 0. The van der Waals surface area contributed by atoms with Gasteiger partial charge < -0.3 is 5.32 Å². The van der Waals surface area contributed by atoms with Gasteiger partial charge in [-0.3, -0.25) is 19.7 Å². The van der Waals surface area contributed by atoms with Crippen molar-refractivity contribution in [2.75, 3.05) is 5.32 Å². The summed E-state index contributed by atoms with van der Waals surface area (Å²) in [5.74, 6) is -0.817. The summed E-state index contributed by atoms with van der Waals surface area (Å²) in [5, 5.41) is 10.0. The molecule has 3 amide bonds. The Kier molecular flexibility index (Phi) is 5.61. The van der Waals surface area contributed by atoms with Gasteiger partial charge >= 0.3 is 0 Å². The Hall–Kier alpha value is -3.45. The smallest absolute Gasteiger partial charge is 0.258 e. The van der Waals surface area contributed by atoms with Gasteiger partial charge in [-0.05, 0) is 42.7 Å². The molecule has 1 fully saturated rings. The summed E-state index contributed by atoms with van der Waals surface area (Å²) < 4.78 is 1.55. The summed E-state index contributed by atoms with van der Waals surface area (Å²) in [6, 6.07) is 14.4. The lowest BCUT2D eigenvalue weighted by Gasteiger charge is -2.35. The minimum absolute atomic E-state index is 0.240. The number of hydrogen-bond donors (Lipinski definition) is 2. The summed E-state index contributed by atoms with van der Waals surface area (Å²) in [4.78, 5) is 36.7. The second-order valence-corrected chi connectivity index (χ2v) is 7.88. The van der Waals surface area contributed by atoms with Gasteiger partial charge in [-0.1, -0.05) is 42.8 Å². The number of para-hydroxylation sites is 1. The Labute approximate surface area is 184 Å². The van der Waals surface area contributed by atoms with E-state index in [1.807, 2.05) is 37.3 Å². The van der Waals surface area contributed by atoms with Crippen molar-refractivity contribution >= 4 is 35.0 Å². The second-order valence-electron chi connectivity index (χ2n) is 7.47. The van der Waals surface area contributed by atoms with Crippen molar-refractivity contribution < 1.29 is 14.4 Å². The average Bonchev–Trinajstić information content (AvgIpc) is 3.25. The highest BCUT2D eigenvalue weighted by atomic mass is 35.5. The number of nitrogens with one attached hydrogen (secondary N) is 2. The number of anilines is 1. The lowest BCUT2D eigenvalue weighted by molar-refractivity contribution is -0.138. The number of rotatable bonds is 5. The third kappa shape index (κ3) is 3.96. The van der Waals surface area contributed by atoms with Crippen molar-refractivity contribution in [2.24, 2.45) is 0 Å². The van der Waals surface area contributed by atoms with Crippen LogP contribution in [0.2, 0.25) is 5.02 Å². The van der Waals surface area contributed by atoms with Crippen LogP contribution in [0, 0.1) is 0 Å². The van der Waals surface area contributed by atoms with E-state index in [-0.39, 0.29) is 17.7 Å². The van der Waals surface area contributed by atoms with E-state index in [0.717, 1.165) is 5.56 Å². The SMILES string of the molecule is CCC1(c2ccc(NC(=O)c3cnn(-c4ccccc4Cl)c3)cc2)CCC(=O)NC1=O. The Bertz CT molecular complexity index is 1160. The van der Waals surface area contributed by atoms with Crippen LogP contribution >= 0.6 is 11.6 Å². The standard InChI is InChI=1S/C23H21ClN4O3/c1-2-23(12-11-20(29)27-22(23)31)16-7-9-17(10-8-16)26-21(30)15-13-25-28(14-15)19-6-4-3-5-18(19)24/h3-10,13-14H,2,11-12H2,1H3,(H,26,30)(H,27,29,31). The van der Waals surface area contributed by atoms with E-state index >= 15 is 0 Å². The summed E-state index contributed by atoms with van der Waals surface area (Å²) in [6.07, 6.45) is 4.45. The zero-order chi connectivity index (χ0) is 22.0. The molecule has 8 heteroatoms. The molecule has 1 atom stereocenters. The molecule has 0 radical (unpaired) electrons. The summed E-state index contributed by atoms with van der Waals surface area (Å²) in [5.41, 5.74) is 1.76. The second kappa shape index (κ2) is 8.35. The number of benzene rings is 2. The fraction of sp³-hybridized carbons (Fsp3) is 0.217. The van der Waals surface area contributed by atoms with E-state index in [1.54, 1.807) is 29.1 Å². The molecule has 1 aromatic heterocycles. The minimum atomic E-state index is -0.730. The first-order valence-corrected chi connectivity index (χ1v) is 10.4. The van der Waals surface area contributed by atoms with E-state index < -0.39 is 5.41 Å². The molecule has 4 rings (SSSR count). The fourth-order valence-electron chi connectivity index (χ4n) is 3.85. The van der Waals surface area contributed by atoms with Crippen molar-refractivity contribution in [3.63, 3.8) is 0 Å². The van der Waals surface area contributed by atoms with Crippen molar-refractivity contribution in [2.45, 2.75) is 31.6 Å². The number of imide groups is 1. The molecule has 31 heavy (non-hydrogen) atoms. The normalized spacial score (nSPS) is 18.5. The highest BCUT2D eigenvalue weighted by Gasteiger charge is 2.42. The molecule has 1 aliphatic rings. The number of aromatic nitrogens is 2. The van der Waals surface area contributed by atoms with E-state index in [9.17, 15) is 14.4 Å². The molecule has 2 aromatic carbocycles. The van der Waals surface area contributed by atoms with Crippen LogP contribution < -0.4 is 10.6 Å². The highest BCUT2D eigenvalue weighted by molar-refractivity contribution is 6.32. The molecular formula is C23H21ClN4O3. The van der Waals surface area contributed by atoms with Gasteiger partial charge in [-0.2, -0.15) is 5.10 Å². The van der Waals surface area contributed by atoms with Gasteiger partial charge in [0.2, 0.25) is 11.8 Å². The van der Waals surface area contributed by atoms with Crippen LogP contribution in [0.5, 0.6) is 0 Å². The highest BCUT2D eigenvalue weighted by Crippen LogP contribution is 2.36. The predicted molar refractivity (Wildman–Crippen MR) is 117 cm³/mol. The maximum Gasteiger partial charge on any atom is 0.258 e. The van der Waals surface area contributed by atoms with Crippen LogP contribution in [0.3, 0.4) is 0 Å². The number of piperidine rings is 1. The van der Waals surface area contributed by atoms with E-state index in [0.29, 0.717) is 41.2 Å². The Morgan fingerprint density at radius 3 is 2.61 bits per heavy atom. The molecule has 1 unspecified atom stereocenters. The van der Waals surface area contributed by atoms with Gasteiger partial charge in [0.25, 0.3) is 5.91 Å². The molecule has 1 saturated heterocycles. The van der Waals surface area contributed by atoms with Crippen LogP contribution in [0.1, 0.15) is 42.1 Å². The van der Waals surface area contributed by atoms with Crippen LogP contribution in [0.15, 0.2) is 60.9 Å². The first-order chi connectivity index (χ1) is 14.9. The largest absolute Gasteiger partial charge is 0.322 e. The number of carbonyl (C=O) groups excluding carboxylic acids is 3. The first-order valence-electron chi connectivity index (χ1n) is 9.99.